The Hall–Kier alpha value is -1.90. The smallest absolute Gasteiger partial charge is 0.226 e. The molecule has 3 nitrogen and oxygen atoms in total. The molecule has 3 atom stereocenters. The third kappa shape index (κ3) is 1.81. The Kier molecular flexibility index (Phi) is 2.34. The molecule has 1 aromatic carbocycles. The molecule has 0 unspecified atom stereocenters. The average molecular weight is 251 g/mol. The van der Waals surface area contributed by atoms with Crippen molar-refractivity contribution in [2.24, 2.45) is 11.8 Å². The van der Waals surface area contributed by atoms with Gasteiger partial charge in [0.25, 0.3) is 0 Å². The van der Waals surface area contributed by atoms with Crippen molar-refractivity contribution >= 4 is 5.95 Å². The van der Waals surface area contributed by atoms with Gasteiger partial charge < -0.3 is 4.90 Å². The number of piperidine rings is 1. The predicted molar refractivity (Wildman–Crippen MR) is 74.9 cm³/mol. The Morgan fingerprint density at radius 3 is 2.79 bits per heavy atom. The van der Waals surface area contributed by atoms with Crippen LogP contribution in [-0.2, 0) is 0 Å². The van der Waals surface area contributed by atoms with Gasteiger partial charge in [0, 0.05) is 18.4 Å². The van der Waals surface area contributed by atoms with Crippen LogP contribution in [0.5, 0.6) is 0 Å². The fraction of sp³-hybridized carbons (Fsp3) is 0.375. The molecule has 2 heterocycles. The number of nitrogens with zero attached hydrogens (tertiary/aromatic N) is 3. The summed E-state index contributed by atoms with van der Waals surface area (Å²) in [4.78, 5) is 11.5. The third-order valence-electron chi connectivity index (χ3n) is 4.33. The number of anilines is 1. The Balaban J connectivity index is 1.72. The second kappa shape index (κ2) is 4.05. The molecular weight excluding hydrogens is 234 g/mol. The maximum atomic E-state index is 4.60. The predicted octanol–water partition coefficient (Wildman–Crippen LogP) is 2.98. The van der Waals surface area contributed by atoms with Crippen molar-refractivity contribution in [3.8, 4) is 0 Å². The SMILES string of the molecule is Cc1ccnc(N2C[C@@H]3C[C@@H]3[C@@H]2c2ccccc2)n1. The largest absolute Gasteiger partial charge is 0.333 e. The van der Waals surface area contributed by atoms with Crippen molar-refractivity contribution in [3.63, 3.8) is 0 Å². The van der Waals surface area contributed by atoms with Crippen LogP contribution in [0.4, 0.5) is 5.95 Å². The van der Waals surface area contributed by atoms with E-state index in [0.717, 1.165) is 30.0 Å². The number of aryl methyl sites for hydroxylation is 1. The summed E-state index contributed by atoms with van der Waals surface area (Å²) in [6, 6.07) is 13.2. The molecule has 3 heteroatoms. The van der Waals surface area contributed by atoms with Crippen LogP contribution in [-0.4, -0.2) is 16.5 Å². The molecule has 2 aliphatic rings. The van der Waals surface area contributed by atoms with Crippen LogP contribution in [0.15, 0.2) is 42.6 Å². The number of hydrogen-bond acceptors (Lipinski definition) is 3. The molecule has 0 radical (unpaired) electrons. The van der Waals surface area contributed by atoms with E-state index in [4.69, 9.17) is 0 Å². The molecule has 1 aromatic heterocycles. The summed E-state index contributed by atoms with van der Waals surface area (Å²) in [7, 11) is 0. The lowest BCUT2D eigenvalue weighted by molar-refractivity contribution is 0.618. The van der Waals surface area contributed by atoms with E-state index in [2.05, 4.69) is 45.2 Å². The van der Waals surface area contributed by atoms with Crippen LogP contribution in [0.2, 0.25) is 0 Å². The second-order valence-corrected chi connectivity index (χ2v) is 5.67. The zero-order valence-corrected chi connectivity index (χ0v) is 11.0. The number of fused-ring (bicyclic) bond motifs is 1. The molecule has 2 aromatic rings. The Morgan fingerprint density at radius 1 is 1.16 bits per heavy atom. The highest BCUT2D eigenvalue weighted by Gasteiger charge is 2.53. The molecular formula is C16H17N3. The summed E-state index contributed by atoms with van der Waals surface area (Å²) in [5.41, 5.74) is 2.44. The molecule has 96 valence electrons. The van der Waals surface area contributed by atoms with Gasteiger partial charge in [0.05, 0.1) is 6.04 Å². The molecule has 1 aliphatic carbocycles. The van der Waals surface area contributed by atoms with Gasteiger partial charge in [-0.3, -0.25) is 0 Å². The van der Waals surface area contributed by atoms with Crippen molar-refractivity contribution < 1.29 is 0 Å². The van der Waals surface area contributed by atoms with Gasteiger partial charge in [0.15, 0.2) is 0 Å². The Morgan fingerprint density at radius 2 is 2.00 bits per heavy atom. The van der Waals surface area contributed by atoms with Gasteiger partial charge in [-0.25, -0.2) is 9.97 Å². The minimum absolute atomic E-state index is 0.466. The molecule has 0 spiro atoms. The van der Waals surface area contributed by atoms with Gasteiger partial charge in [-0.2, -0.15) is 0 Å². The summed E-state index contributed by atoms with van der Waals surface area (Å²) in [6.45, 7) is 3.13. The lowest BCUT2D eigenvalue weighted by atomic mass is 10.0. The van der Waals surface area contributed by atoms with E-state index in [1.807, 2.05) is 19.2 Å². The first-order valence-corrected chi connectivity index (χ1v) is 6.94. The van der Waals surface area contributed by atoms with Gasteiger partial charge in [-0.1, -0.05) is 30.3 Å². The highest BCUT2D eigenvalue weighted by molar-refractivity contribution is 5.42. The van der Waals surface area contributed by atoms with E-state index < -0.39 is 0 Å². The normalized spacial score (nSPS) is 28.3. The molecule has 2 fully saturated rings. The van der Waals surface area contributed by atoms with Gasteiger partial charge in [0.1, 0.15) is 0 Å². The number of aromatic nitrogens is 2. The standard InChI is InChI=1S/C16H17N3/c1-11-7-8-17-16(18-11)19-10-13-9-14(13)15(19)12-5-3-2-4-6-12/h2-8,13-15H,9-10H2,1H3/t13-,14-,15-/m0/s1. The summed E-state index contributed by atoms with van der Waals surface area (Å²) < 4.78 is 0. The van der Waals surface area contributed by atoms with Gasteiger partial charge in [0.2, 0.25) is 5.95 Å². The topological polar surface area (TPSA) is 29.0 Å². The maximum Gasteiger partial charge on any atom is 0.226 e. The first-order valence-electron chi connectivity index (χ1n) is 6.94. The molecule has 4 rings (SSSR count). The fourth-order valence-electron chi connectivity index (χ4n) is 3.32. The highest BCUT2D eigenvalue weighted by atomic mass is 15.3. The molecule has 0 bridgehead atoms. The second-order valence-electron chi connectivity index (χ2n) is 5.67. The zero-order valence-electron chi connectivity index (χ0n) is 11.0. The summed E-state index contributed by atoms with van der Waals surface area (Å²) in [5, 5.41) is 0. The van der Waals surface area contributed by atoms with Crippen LogP contribution in [0, 0.1) is 18.8 Å². The van der Waals surface area contributed by atoms with E-state index in [0.29, 0.717) is 6.04 Å². The highest BCUT2D eigenvalue weighted by Crippen LogP contribution is 2.56. The van der Waals surface area contributed by atoms with Gasteiger partial charge in [-0.05, 0) is 36.8 Å². The summed E-state index contributed by atoms with van der Waals surface area (Å²) in [6.07, 6.45) is 3.23. The Labute approximate surface area is 113 Å². The van der Waals surface area contributed by atoms with Crippen molar-refractivity contribution in [3.05, 3.63) is 53.9 Å². The molecule has 0 amide bonds. The fourth-order valence-corrected chi connectivity index (χ4v) is 3.32. The van der Waals surface area contributed by atoms with Crippen molar-refractivity contribution in [2.75, 3.05) is 11.4 Å². The molecule has 1 saturated heterocycles. The first kappa shape index (κ1) is 11.0. The first-order chi connectivity index (χ1) is 9.33. The van der Waals surface area contributed by atoms with Crippen LogP contribution in [0.1, 0.15) is 23.7 Å². The van der Waals surface area contributed by atoms with Crippen LogP contribution in [0.3, 0.4) is 0 Å². The number of rotatable bonds is 2. The van der Waals surface area contributed by atoms with Crippen LogP contribution in [0.25, 0.3) is 0 Å². The molecule has 0 N–H and O–H groups in total. The minimum atomic E-state index is 0.466. The van der Waals surface area contributed by atoms with E-state index in [1.165, 1.54) is 12.0 Å². The van der Waals surface area contributed by atoms with Crippen LogP contribution < -0.4 is 4.90 Å². The lowest BCUT2D eigenvalue weighted by Gasteiger charge is -2.28. The lowest BCUT2D eigenvalue weighted by Crippen LogP contribution is -2.28. The minimum Gasteiger partial charge on any atom is -0.333 e. The molecule has 1 aliphatic heterocycles. The maximum absolute atomic E-state index is 4.60. The van der Waals surface area contributed by atoms with Crippen molar-refractivity contribution in [1.82, 2.24) is 9.97 Å². The van der Waals surface area contributed by atoms with E-state index in [-0.39, 0.29) is 0 Å². The average Bonchev–Trinajstić information content (AvgIpc) is 3.10. The Bertz CT molecular complexity index is 596. The number of hydrogen-bond donors (Lipinski definition) is 0. The summed E-state index contributed by atoms with van der Waals surface area (Å²) >= 11 is 0. The zero-order chi connectivity index (χ0) is 12.8. The van der Waals surface area contributed by atoms with Crippen molar-refractivity contribution in [1.29, 1.82) is 0 Å². The van der Waals surface area contributed by atoms with E-state index >= 15 is 0 Å². The monoisotopic (exact) mass is 251 g/mol. The summed E-state index contributed by atoms with van der Waals surface area (Å²) in [5.74, 6) is 2.53. The van der Waals surface area contributed by atoms with Gasteiger partial charge >= 0.3 is 0 Å². The number of benzene rings is 1. The van der Waals surface area contributed by atoms with Crippen molar-refractivity contribution in [2.45, 2.75) is 19.4 Å². The third-order valence-corrected chi connectivity index (χ3v) is 4.33. The molecule has 1 saturated carbocycles. The quantitative estimate of drug-likeness (QED) is 0.821. The van der Waals surface area contributed by atoms with E-state index in [9.17, 15) is 0 Å². The van der Waals surface area contributed by atoms with E-state index in [1.54, 1.807) is 0 Å². The molecule has 19 heavy (non-hydrogen) atoms. The van der Waals surface area contributed by atoms with Crippen LogP contribution >= 0.6 is 0 Å². The van der Waals surface area contributed by atoms with Gasteiger partial charge in [-0.15, -0.1) is 0 Å².